The Labute approximate surface area is 176 Å². The van der Waals surface area contributed by atoms with Crippen molar-refractivity contribution in [1.82, 2.24) is 15.1 Å². The van der Waals surface area contributed by atoms with Gasteiger partial charge in [-0.25, -0.2) is 0 Å². The lowest BCUT2D eigenvalue weighted by Crippen LogP contribution is -2.48. The zero-order chi connectivity index (χ0) is 19.9. The number of thiophene rings is 1. The standard InChI is InChI=1S/C21H29ClN4OS/c1-16(14-21(27)24-18-7-5-17(22)6-8-18)23-15-19(20-4-3-13-28-20)26-11-9-25(2)10-12-26/h3-8,13,16,19,23H,9-12,14-15H2,1-2H3,(H,24,27)/t16-,19-/m0/s1. The summed E-state index contributed by atoms with van der Waals surface area (Å²) in [5.74, 6) is 0.00888. The van der Waals surface area contributed by atoms with Crippen molar-refractivity contribution in [2.24, 2.45) is 0 Å². The lowest BCUT2D eigenvalue weighted by Gasteiger charge is -2.38. The first-order valence-corrected chi connectivity index (χ1v) is 11.0. The van der Waals surface area contributed by atoms with Crippen molar-refractivity contribution in [3.8, 4) is 0 Å². The first-order chi connectivity index (χ1) is 13.5. The number of benzene rings is 1. The fraction of sp³-hybridized carbons (Fsp3) is 0.476. The highest BCUT2D eigenvalue weighted by molar-refractivity contribution is 7.10. The third-order valence-electron chi connectivity index (χ3n) is 5.13. The molecule has 1 aliphatic heterocycles. The van der Waals surface area contributed by atoms with Gasteiger partial charge in [0.05, 0.1) is 6.04 Å². The quantitative estimate of drug-likeness (QED) is 0.683. The van der Waals surface area contributed by atoms with Crippen LogP contribution in [0.25, 0.3) is 0 Å². The molecule has 0 spiro atoms. The van der Waals surface area contributed by atoms with E-state index in [1.807, 2.05) is 23.5 Å². The van der Waals surface area contributed by atoms with Gasteiger partial charge in [0.25, 0.3) is 0 Å². The minimum atomic E-state index is 0.00888. The van der Waals surface area contributed by atoms with Crippen LogP contribution in [0.15, 0.2) is 41.8 Å². The van der Waals surface area contributed by atoms with Crippen LogP contribution in [0.5, 0.6) is 0 Å². The highest BCUT2D eigenvalue weighted by Gasteiger charge is 2.25. The third-order valence-corrected chi connectivity index (χ3v) is 6.35. The SMILES string of the molecule is C[C@@H](CC(=O)Nc1ccc(Cl)cc1)NC[C@@H](c1cccs1)N1CCN(C)CC1. The van der Waals surface area contributed by atoms with Gasteiger partial charge in [0.2, 0.25) is 5.91 Å². The van der Waals surface area contributed by atoms with Gasteiger partial charge in [0.15, 0.2) is 0 Å². The Kier molecular flexibility index (Phi) is 7.88. The van der Waals surface area contributed by atoms with E-state index in [1.165, 1.54) is 4.88 Å². The fourth-order valence-electron chi connectivity index (χ4n) is 3.43. The van der Waals surface area contributed by atoms with Crippen LogP contribution in [0.2, 0.25) is 5.02 Å². The van der Waals surface area contributed by atoms with E-state index in [0.717, 1.165) is 38.4 Å². The molecule has 2 aromatic rings. The molecule has 1 amide bonds. The second-order valence-corrected chi connectivity index (χ2v) is 8.85. The van der Waals surface area contributed by atoms with Gasteiger partial charge < -0.3 is 15.5 Å². The van der Waals surface area contributed by atoms with Crippen molar-refractivity contribution in [2.75, 3.05) is 45.1 Å². The predicted molar refractivity (Wildman–Crippen MR) is 118 cm³/mol. The van der Waals surface area contributed by atoms with E-state index >= 15 is 0 Å². The summed E-state index contributed by atoms with van der Waals surface area (Å²) in [6.07, 6.45) is 0.433. The predicted octanol–water partition coefficient (Wildman–Crippen LogP) is 3.70. The number of piperazine rings is 1. The highest BCUT2D eigenvalue weighted by Crippen LogP contribution is 2.25. The monoisotopic (exact) mass is 420 g/mol. The molecule has 2 atom stereocenters. The van der Waals surface area contributed by atoms with Crippen LogP contribution in [0.4, 0.5) is 5.69 Å². The minimum absolute atomic E-state index is 0.00888. The van der Waals surface area contributed by atoms with Crippen LogP contribution in [0, 0.1) is 0 Å². The number of anilines is 1. The summed E-state index contributed by atoms with van der Waals surface area (Å²) in [6, 6.07) is 12.0. The van der Waals surface area contributed by atoms with Gasteiger partial charge >= 0.3 is 0 Å². The van der Waals surface area contributed by atoms with Gasteiger partial charge in [-0.05, 0) is 49.7 Å². The molecule has 0 radical (unpaired) electrons. The minimum Gasteiger partial charge on any atom is -0.326 e. The number of likely N-dealkylation sites (N-methyl/N-ethyl adjacent to an activating group) is 1. The van der Waals surface area contributed by atoms with Gasteiger partial charge in [-0.3, -0.25) is 9.69 Å². The van der Waals surface area contributed by atoms with E-state index in [4.69, 9.17) is 11.6 Å². The number of halogens is 1. The van der Waals surface area contributed by atoms with Crippen LogP contribution in [-0.4, -0.2) is 61.5 Å². The van der Waals surface area contributed by atoms with E-state index in [9.17, 15) is 4.79 Å². The maximum absolute atomic E-state index is 12.3. The molecule has 152 valence electrons. The molecule has 0 aliphatic carbocycles. The summed E-state index contributed by atoms with van der Waals surface area (Å²) in [5.41, 5.74) is 0.774. The topological polar surface area (TPSA) is 47.6 Å². The molecule has 3 rings (SSSR count). The number of carbonyl (C=O) groups is 1. The third kappa shape index (κ3) is 6.29. The van der Waals surface area contributed by atoms with Gasteiger partial charge in [0, 0.05) is 60.8 Å². The van der Waals surface area contributed by atoms with Crippen molar-refractivity contribution in [2.45, 2.75) is 25.4 Å². The number of amides is 1. The second kappa shape index (κ2) is 10.4. The number of carbonyl (C=O) groups excluding carboxylic acids is 1. The fourth-order valence-corrected chi connectivity index (χ4v) is 4.42. The molecule has 28 heavy (non-hydrogen) atoms. The van der Waals surface area contributed by atoms with Crippen molar-refractivity contribution >= 4 is 34.5 Å². The summed E-state index contributed by atoms with van der Waals surface area (Å²) in [4.78, 5) is 18.6. The molecular weight excluding hydrogens is 392 g/mol. The Bertz CT molecular complexity index is 729. The normalized spacial score (nSPS) is 18.0. The molecule has 0 bridgehead atoms. The van der Waals surface area contributed by atoms with Crippen molar-refractivity contribution in [3.05, 3.63) is 51.7 Å². The maximum atomic E-state index is 12.3. The molecule has 0 saturated carbocycles. The molecule has 2 heterocycles. The zero-order valence-electron chi connectivity index (χ0n) is 16.5. The molecule has 1 fully saturated rings. The van der Waals surface area contributed by atoms with E-state index < -0.39 is 0 Å². The smallest absolute Gasteiger partial charge is 0.225 e. The summed E-state index contributed by atoms with van der Waals surface area (Å²) in [6.45, 7) is 7.26. The Balaban J connectivity index is 1.51. The second-order valence-electron chi connectivity index (χ2n) is 7.44. The molecule has 7 heteroatoms. The van der Waals surface area contributed by atoms with E-state index in [-0.39, 0.29) is 11.9 Å². The van der Waals surface area contributed by atoms with E-state index in [2.05, 4.69) is 51.9 Å². The average Bonchev–Trinajstić information content (AvgIpc) is 3.19. The maximum Gasteiger partial charge on any atom is 0.225 e. The number of nitrogens with one attached hydrogen (secondary N) is 2. The number of hydrogen-bond acceptors (Lipinski definition) is 5. The Morgan fingerprint density at radius 2 is 1.89 bits per heavy atom. The summed E-state index contributed by atoms with van der Waals surface area (Å²) in [5, 5.41) is 9.31. The average molecular weight is 421 g/mol. The van der Waals surface area contributed by atoms with E-state index in [0.29, 0.717) is 17.5 Å². The van der Waals surface area contributed by atoms with Gasteiger partial charge in [0.1, 0.15) is 0 Å². The van der Waals surface area contributed by atoms with Crippen LogP contribution in [0.3, 0.4) is 0 Å². The van der Waals surface area contributed by atoms with Gasteiger partial charge in [-0.1, -0.05) is 17.7 Å². The molecule has 1 aromatic carbocycles. The molecular formula is C21H29ClN4OS. The lowest BCUT2D eigenvalue weighted by atomic mass is 10.1. The molecule has 1 aromatic heterocycles. The van der Waals surface area contributed by atoms with Crippen LogP contribution < -0.4 is 10.6 Å². The first kappa shape index (κ1) is 21.3. The molecule has 1 aliphatic rings. The summed E-state index contributed by atoms with van der Waals surface area (Å²) in [7, 11) is 2.18. The number of rotatable bonds is 8. The zero-order valence-corrected chi connectivity index (χ0v) is 18.1. The lowest BCUT2D eigenvalue weighted by molar-refractivity contribution is -0.116. The Morgan fingerprint density at radius 1 is 1.18 bits per heavy atom. The summed E-state index contributed by atoms with van der Waals surface area (Å²) < 4.78 is 0. The molecule has 0 unspecified atom stereocenters. The molecule has 1 saturated heterocycles. The van der Waals surface area contributed by atoms with Crippen LogP contribution in [-0.2, 0) is 4.79 Å². The largest absolute Gasteiger partial charge is 0.326 e. The number of nitrogens with zero attached hydrogens (tertiary/aromatic N) is 2. The molecule has 2 N–H and O–H groups in total. The van der Waals surface area contributed by atoms with Crippen molar-refractivity contribution < 1.29 is 4.79 Å². The van der Waals surface area contributed by atoms with E-state index in [1.54, 1.807) is 12.1 Å². The number of hydrogen-bond donors (Lipinski definition) is 2. The molecule has 5 nitrogen and oxygen atoms in total. The Morgan fingerprint density at radius 3 is 2.54 bits per heavy atom. The van der Waals surface area contributed by atoms with Gasteiger partial charge in [-0.15, -0.1) is 11.3 Å². The Hall–Kier alpha value is -1.44. The first-order valence-electron chi connectivity index (χ1n) is 9.76. The van der Waals surface area contributed by atoms with Gasteiger partial charge in [-0.2, -0.15) is 0 Å². The van der Waals surface area contributed by atoms with Crippen molar-refractivity contribution in [1.29, 1.82) is 0 Å². The highest BCUT2D eigenvalue weighted by atomic mass is 35.5. The summed E-state index contributed by atoms with van der Waals surface area (Å²) >= 11 is 7.70. The van der Waals surface area contributed by atoms with Crippen molar-refractivity contribution in [3.63, 3.8) is 0 Å². The van der Waals surface area contributed by atoms with Crippen LogP contribution >= 0.6 is 22.9 Å². The van der Waals surface area contributed by atoms with Crippen LogP contribution in [0.1, 0.15) is 24.3 Å².